The summed E-state index contributed by atoms with van der Waals surface area (Å²) < 4.78 is 0. The Balaban J connectivity index is 1.47. The van der Waals surface area contributed by atoms with E-state index in [9.17, 15) is 4.79 Å². The van der Waals surface area contributed by atoms with Crippen LogP contribution in [0.5, 0.6) is 0 Å². The molecule has 1 aliphatic heterocycles. The first-order valence-corrected chi connectivity index (χ1v) is 7.78. The molecule has 0 spiro atoms. The second-order valence-corrected chi connectivity index (χ2v) is 5.75. The van der Waals surface area contributed by atoms with Crippen molar-refractivity contribution in [1.29, 1.82) is 0 Å². The molecular formula is C18H21N3O. The maximum atomic E-state index is 12.2. The standard InChI is InChI=1S/C18H21N3O/c22-18(16-6-2-1-3-7-16)20-17-8-11-21(12-9-17)14-15-5-4-10-19-13-15/h1-7,10,13,17H,8-9,11-12,14H2,(H,20,22). The Morgan fingerprint density at radius 3 is 2.59 bits per heavy atom. The van der Waals surface area contributed by atoms with Crippen LogP contribution in [-0.2, 0) is 6.54 Å². The number of rotatable bonds is 4. The number of nitrogens with one attached hydrogen (secondary N) is 1. The number of nitrogens with zero attached hydrogens (tertiary/aromatic N) is 2. The third-order valence-corrected chi connectivity index (χ3v) is 4.09. The SMILES string of the molecule is O=C(NC1CCN(Cc2cccnc2)CC1)c1ccccc1. The maximum Gasteiger partial charge on any atom is 0.251 e. The van der Waals surface area contributed by atoms with E-state index >= 15 is 0 Å². The van der Waals surface area contributed by atoms with Crippen LogP contribution >= 0.6 is 0 Å². The molecule has 0 atom stereocenters. The summed E-state index contributed by atoms with van der Waals surface area (Å²) in [5, 5.41) is 3.14. The first-order valence-electron chi connectivity index (χ1n) is 7.78. The van der Waals surface area contributed by atoms with E-state index in [-0.39, 0.29) is 11.9 Å². The van der Waals surface area contributed by atoms with E-state index in [0.717, 1.165) is 38.0 Å². The van der Waals surface area contributed by atoms with Gasteiger partial charge in [-0.1, -0.05) is 24.3 Å². The number of amides is 1. The van der Waals surface area contributed by atoms with Crippen molar-refractivity contribution in [2.75, 3.05) is 13.1 Å². The second-order valence-electron chi connectivity index (χ2n) is 5.75. The van der Waals surface area contributed by atoms with E-state index in [1.807, 2.05) is 42.6 Å². The average Bonchev–Trinajstić information content (AvgIpc) is 2.58. The molecule has 4 heteroatoms. The van der Waals surface area contributed by atoms with Crippen molar-refractivity contribution in [2.45, 2.75) is 25.4 Å². The number of benzene rings is 1. The molecule has 1 saturated heterocycles. The number of aromatic nitrogens is 1. The van der Waals surface area contributed by atoms with Crippen molar-refractivity contribution < 1.29 is 4.79 Å². The Bertz CT molecular complexity index is 592. The fraction of sp³-hybridized carbons (Fsp3) is 0.333. The quantitative estimate of drug-likeness (QED) is 0.942. The first-order chi connectivity index (χ1) is 10.8. The van der Waals surface area contributed by atoms with Gasteiger partial charge in [-0.3, -0.25) is 14.7 Å². The highest BCUT2D eigenvalue weighted by atomic mass is 16.1. The lowest BCUT2D eigenvalue weighted by atomic mass is 10.0. The molecule has 1 amide bonds. The largest absolute Gasteiger partial charge is 0.349 e. The number of hydrogen-bond acceptors (Lipinski definition) is 3. The number of pyridine rings is 1. The van der Waals surface area contributed by atoms with Gasteiger partial charge in [0.15, 0.2) is 0 Å². The van der Waals surface area contributed by atoms with Crippen LogP contribution in [0.4, 0.5) is 0 Å². The molecule has 1 aromatic carbocycles. The minimum Gasteiger partial charge on any atom is -0.349 e. The molecule has 0 bridgehead atoms. The Morgan fingerprint density at radius 1 is 1.14 bits per heavy atom. The van der Waals surface area contributed by atoms with E-state index in [0.29, 0.717) is 0 Å². The summed E-state index contributed by atoms with van der Waals surface area (Å²) in [5.74, 6) is 0.0336. The molecule has 0 saturated carbocycles. The number of carbonyl (C=O) groups excluding carboxylic acids is 1. The fourth-order valence-corrected chi connectivity index (χ4v) is 2.84. The normalized spacial score (nSPS) is 16.4. The zero-order chi connectivity index (χ0) is 15.2. The van der Waals surface area contributed by atoms with Crippen molar-refractivity contribution in [3.05, 3.63) is 66.0 Å². The van der Waals surface area contributed by atoms with Crippen LogP contribution in [-0.4, -0.2) is 34.9 Å². The lowest BCUT2D eigenvalue weighted by Gasteiger charge is -2.32. The molecule has 1 aromatic heterocycles. The van der Waals surface area contributed by atoms with Gasteiger partial charge < -0.3 is 5.32 Å². The Kier molecular flexibility index (Phi) is 4.81. The van der Waals surface area contributed by atoms with Gasteiger partial charge in [-0.2, -0.15) is 0 Å². The molecule has 2 heterocycles. The Morgan fingerprint density at radius 2 is 1.91 bits per heavy atom. The van der Waals surface area contributed by atoms with Gasteiger partial charge in [-0.25, -0.2) is 0 Å². The summed E-state index contributed by atoms with van der Waals surface area (Å²) in [6.45, 7) is 2.95. The smallest absolute Gasteiger partial charge is 0.251 e. The highest BCUT2D eigenvalue weighted by Crippen LogP contribution is 2.14. The fourth-order valence-electron chi connectivity index (χ4n) is 2.84. The summed E-state index contributed by atoms with van der Waals surface area (Å²) >= 11 is 0. The number of carbonyl (C=O) groups is 1. The van der Waals surface area contributed by atoms with Crippen LogP contribution in [0.25, 0.3) is 0 Å². The molecule has 0 unspecified atom stereocenters. The van der Waals surface area contributed by atoms with E-state index < -0.39 is 0 Å². The van der Waals surface area contributed by atoms with Crippen LogP contribution in [0.15, 0.2) is 54.9 Å². The predicted molar refractivity (Wildman–Crippen MR) is 86.4 cm³/mol. The minimum absolute atomic E-state index is 0.0336. The topological polar surface area (TPSA) is 45.2 Å². The van der Waals surface area contributed by atoms with Gasteiger partial charge in [-0.05, 0) is 36.6 Å². The van der Waals surface area contributed by atoms with Gasteiger partial charge in [0.05, 0.1) is 0 Å². The molecule has 1 N–H and O–H groups in total. The van der Waals surface area contributed by atoms with Crippen molar-refractivity contribution in [1.82, 2.24) is 15.2 Å². The number of hydrogen-bond donors (Lipinski definition) is 1. The van der Waals surface area contributed by atoms with Gasteiger partial charge >= 0.3 is 0 Å². The number of piperidine rings is 1. The van der Waals surface area contributed by atoms with Crippen LogP contribution < -0.4 is 5.32 Å². The van der Waals surface area contributed by atoms with Crippen molar-refractivity contribution >= 4 is 5.91 Å². The van der Waals surface area contributed by atoms with Crippen molar-refractivity contribution in [3.8, 4) is 0 Å². The lowest BCUT2D eigenvalue weighted by Crippen LogP contribution is -2.44. The van der Waals surface area contributed by atoms with E-state index in [1.165, 1.54) is 5.56 Å². The summed E-state index contributed by atoms with van der Waals surface area (Å²) in [6.07, 6.45) is 5.72. The number of likely N-dealkylation sites (tertiary alicyclic amines) is 1. The van der Waals surface area contributed by atoms with Gasteiger partial charge in [-0.15, -0.1) is 0 Å². The molecule has 22 heavy (non-hydrogen) atoms. The summed E-state index contributed by atoms with van der Waals surface area (Å²) in [4.78, 5) is 18.7. The molecule has 0 radical (unpaired) electrons. The van der Waals surface area contributed by atoms with Gasteiger partial charge in [0.1, 0.15) is 0 Å². The van der Waals surface area contributed by atoms with E-state index in [4.69, 9.17) is 0 Å². The van der Waals surface area contributed by atoms with Crippen LogP contribution in [0.3, 0.4) is 0 Å². The third-order valence-electron chi connectivity index (χ3n) is 4.09. The van der Waals surface area contributed by atoms with Crippen LogP contribution in [0, 0.1) is 0 Å². The highest BCUT2D eigenvalue weighted by Gasteiger charge is 2.21. The molecule has 4 nitrogen and oxygen atoms in total. The molecule has 0 aliphatic carbocycles. The maximum absolute atomic E-state index is 12.2. The third kappa shape index (κ3) is 3.92. The molecule has 2 aromatic rings. The van der Waals surface area contributed by atoms with E-state index in [2.05, 4.69) is 21.3 Å². The van der Waals surface area contributed by atoms with Crippen molar-refractivity contribution in [2.24, 2.45) is 0 Å². The Labute approximate surface area is 131 Å². The molecule has 3 rings (SSSR count). The summed E-state index contributed by atoms with van der Waals surface area (Å²) in [5.41, 5.74) is 1.98. The van der Waals surface area contributed by atoms with Crippen LogP contribution in [0.2, 0.25) is 0 Å². The zero-order valence-electron chi connectivity index (χ0n) is 12.6. The summed E-state index contributed by atoms with van der Waals surface area (Å²) in [6, 6.07) is 13.8. The second kappa shape index (κ2) is 7.18. The van der Waals surface area contributed by atoms with Gasteiger partial charge in [0.25, 0.3) is 5.91 Å². The first kappa shape index (κ1) is 14.7. The van der Waals surface area contributed by atoms with E-state index in [1.54, 1.807) is 6.20 Å². The molecule has 1 aliphatic rings. The highest BCUT2D eigenvalue weighted by molar-refractivity contribution is 5.94. The average molecular weight is 295 g/mol. The van der Waals surface area contributed by atoms with Gasteiger partial charge in [0.2, 0.25) is 0 Å². The molecule has 1 fully saturated rings. The molecular weight excluding hydrogens is 274 g/mol. The Hall–Kier alpha value is -2.20. The zero-order valence-corrected chi connectivity index (χ0v) is 12.6. The molecule has 114 valence electrons. The van der Waals surface area contributed by atoms with Crippen LogP contribution in [0.1, 0.15) is 28.8 Å². The predicted octanol–water partition coefficient (Wildman–Crippen LogP) is 2.48. The summed E-state index contributed by atoms with van der Waals surface area (Å²) in [7, 11) is 0. The van der Waals surface area contributed by atoms with Crippen molar-refractivity contribution in [3.63, 3.8) is 0 Å². The monoisotopic (exact) mass is 295 g/mol. The van der Waals surface area contributed by atoms with Gasteiger partial charge in [0, 0.05) is 43.6 Å². The lowest BCUT2D eigenvalue weighted by molar-refractivity contribution is 0.0909. The minimum atomic E-state index is 0.0336.